The van der Waals surface area contributed by atoms with Crippen LogP contribution in [-0.4, -0.2) is 21.4 Å². The van der Waals surface area contributed by atoms with Crippen molar-refractivity contribution < 1.29 is 17.6 Å². The highest BCUT2D eigenvalue weighted by Gasteiger charge is 2.14. The van der Waals surface area contributed by atoms with Gasteiger partial charge in [0.15, 0.2) is 0 Å². The molecule has 2 aromatic rings. The van der Waals surface area contributed by atoms with Gasteiger partial charge in [0.2, 0.25) is 10.0 Å². The van der Waals surface area contributed by atoms with E-state index >= 15 is 0 Å². The second-order valence-electron chi connectivity index (χ2n) is 4.69. The maximum absolute atomic E-state index is 12.1. The van der Waals surface area contributed by atoms with E-state index in [0.717, 1.165) is 0 Å². The van der Waals surface area contributed by atoms with Gasteiger partial charge in [-0.1, -0.05) is 18.2 Å². The van der Waals surface area contributed by atoms with E-state index in [1.54, 1.807) is 36.4 Å². The summed E-state index contributed by atoms with van der Waals surface area (Å²) in [5.74, 6) is 0.110. The minimum absolute atomic E-state index is 0.0487. The molecule has 0 atom stereocenters. The molecule has 0 aliphatic heterocycles. The average molecular weight is 345 g/mol. The summed E-state index contributed by atoms with van der Waals surface area (Å²) in [6.45, 7) is -0.0487. The second-order valence-corrected chi connectivity index (χ2v) is 6.46. The fourth-order valence-corrected chi connectivity index (χ4v) is 2.86. The highest BCUT2D eigenvalue weighted by Crippen LogP contribution is 2.14. The molecular weight excluding hydrogens is 330 g/mol. The van der Waals surface area contributed by atoms with Crippen LogP contribution in [0, 0.1) is 11.3 Å². The number of sulfonamides is 1. The third-order valence-electron chi connectivity index (χ3n) is 3.05. The van der Waals surface area contributed by atoms with Crippen LogP contribution in [0.5, 0.6) is 0 Å². The summed E-state index contributed by atoms with van der Waals surface area (Å²) >= 11 is 0. The highest BCUT2D eigenvalue weighted by molar-refractivity contribution is 7.89. The first-order chi connectivity index (χ1) is 11.5. The minimum atomic E-state index is -3.64. The summed E-state index contributed by atoms with van der Waals surface area (Å²) in [4.78, 5) is 11.6. The molecule has 24 heavy (non-hydrogen) atoms. The molecule has 0 spiro atoms. The van der Waals surface area contributed by atoms with Gasteiger partial charge in [-0.3, -0.25) is 4.79 Å². The number of nitrogens with one attached hydrogen (secondary N) is 2. The molecule has 124 valence electrons. The first-order valence-corrected chi connectivity index (χ1v) is 8.42. The maximum atomic E-state index is 12.1. The van der Waals surface area contributed by atoms with Crippen molar-refractivity contribution in [2.75, 3.05) is 7.05 Å². The molecule has 0 radical (unpaired) electrons. The lowest BCUT2D eigenvalue weighted by atomic mass is 10.2. The lowest BCUT2D eigenvalue weighted by molar-refractivity contribution is -0.116. The summed E-state index contributed by atoms with van der Waals surface area (Å²) < 4.78 is 32.0. The fourth-order valence-electron chi connectivity index (χ4n) is 1.84. The molecule has 8 heteroatoms. The van der Waals surface area contributed by atoms with Gasteiger partial charge in [0.1, 0.15) is 23.2 Å². The zero-order chi connectivity index (χ0) is 17.6. The van der Waals surface area contributed by atoms with E-state index in [1.807, 2.05) is 0 Å². The Hall–Kier alpha value is -2.89. The summed E-state index contributed by atoms with van der Waals surface area (Å²) in [6.07, 6.45) is 1.29. The van der Waals surface area contributed by atoms with Crippen molar-refractivity contribution >= 4 is 22.0 Å². The van der Waals surface area contributed by atoms with Gasteiger partial charge < -0.3 is 9.73 Å². The smallest absolute Gasteiger partial charge is 0.261 e. The van der Waals surface area contributed by atoms with Crippen molar-refractivity contribution in [2.24, 2.45) is 0 Å². The van der Waals surface area contributed by atoms with E-state index in [4.69, 9.17) is 9.68 Å². The number of benzene rings is 1. The van der Waals surface area contributed by atoms with Crippen molar-refractivity contribution in [3.63, 3.8) is 0 Å². The minimum Gasteiger partial charge on any atom is -0.460 e. The number of hydrogen-bond donors (Lipinski definition) is 2. The normalized spacial score (nSPS) is 11.8. The van der Waals surface area contributed by atoms with Crippen LogP contribution in [0.15, 0.2) is 57.4 Å². The Labute approximate surface area is 139 Å². The van der Waals surface area contributed by atoms with Crippen LogP contribution in [0.4, 0.5) is 0 Å². The largest absolute Gasteiger partial charge is 0.460 e. The predicted octanol–water partition coefficient (Wildman–Crippen LogP) is 1.41. The summed E-state index contributed by atoms with van der Waals surface area (Å²) in [6, 6.07) is 12.8. The van der Waals surface area contributed by atoms with E-state index < -0.39 is 15.9 Å². The predicted molar refractivity (Wildman–Crippen MR) is 86.8 cm³/mol. The molecule has 0 bridgehead atoms. The maximum Gasteiger partial charge on any atom is 0.261 e. The molecule has 1 aromatic carbocycles. The molecule has 7 nitrogen and oxygen atoms in total. The van der Waals surface area contributed by atoms with E-state index in [-0.39, 0.29) is 22.8 Å². The lowest BCUT2D eigenvalue weighted by Crippen LogP contribution is -2.22. The fraction of sp³-hybridized carbons (Fsp3) is 0.125. The Morgan fingerprint density at radius 1 is 1.25 bits per heavy atom. The Balaban J connectivity index is 2.09. The molecule has 0 saturated carbocycles. The lowest BCUT2D eigenvalue weighted by Gasteiger charge is -2.04. The number of nitriles is 1. The first-order valence-electron chi connectivity index (χ1n) is 6.93. The molecule has 0 unspecified atom stereocenters. The number of carbonyl (C=O) groups excluding carboxylic acids is 1. The zero-order valence-electron chi connectivity index (χ0n) is 12.8. The highest BCUT2D eigenvalue weighted by atomic mass is 32.2. The van der Waals surface area contributed by atoms with Crippen molar-refractivity contribution in [3.05, 3.63) is 59.6 Å². The number of nitrogens with zero attached hydrogens (tertiary/aromatic N) is 1. The third-order valence-corrected chi connectivity index (χ3v) is 4.47. The molecule has 1 aromatic heterocycles. The van der Waals surface area contributed by atoms with Crippen LogP contribution in [-0.2, 0) is 21.4 Å². The van der Waals surface area contributed by atoms with Crippen molar-refractivity contribution in [2.45, 2.75) is 11.4 Å². The quantitative estimate of drug-likeness (QED) is 0.607. The number of amides is 1. The van der Waals surface area contributed by atoms with Crippen molar-refractivity contribution in [3.8, 4) is 6.07 Å². The van der Waals surface area contributed by atoms with E-state index in [2.05, 4.69) is 10.0 Å². The molecular formula is C16H15N3O4S. The number of rotatable bonds is 6. The molecule has 1 amide bonds. The van der Waals surface area contributed by atoms with Gasteiger partial charge in [0.25, 0.3) is 5.91 Å². The Bertz CT molecular complexity index is 893. The van der Waals surface area contributed by atoms with Gasteiger partial charge in [-0.05, 0) is 24.3 Å². The van der Waals surface area contributed by atoms with Crippen LogP contribution in [0.1, 0.15) is 11.5 Å². The zero-order valence-corrected chi connectivity index (χ0v) is 13.6. The van der Waals surface area contributed by atoms with Gasteiger partial charge in [0.05, 0.1) is 11.4 Å². The van der Waals surface area contributed by atoms with Crippen molar-refractivity contribution in [1.29, 1.82) is 5.26 Å². The molecule has 2 rings (SSSR count). The van der Waals surface area contributed by atoms with Gasteiger partial charge in [-0.25, -0.2) is 13.1 Å². The Morgan fingerprint density at radius 2 is 1.96 bits per heavy atom. The van der Waals surface area contributed by atoms with Crippen LogP contribution in [0.2, 0.25) is 0 Å². The van der Waals surface area contributed by atoms with Gasteiger partial charge in [-0.2, -0.15) is 5.26 Å². The van der Waals surface area contributed by atoms with Crippen LogP contribution in [0.25, 0.3) is 6.08 Å². The topological polar surface area (TPSA) is 112 Å². The summed E-state index contributed by atoms with van der Waals surface area (Å²) in [5, 5.41) is 11.3. The summed E-state index contributed by atoms with van der Waals surface area (Å²) in [5.41, 5.74) is -0.108. The SMILES string of the molecule is CNC(=O)/C(C#N)=C/c1ccc(CNS(=O)(=O)c2ccccc2)o1. The van der Waals surface area contributed by atoms with Crippen LogP contribution < -0.4 is 10.0 Å². The Kier molecular flexibility index (Phi) is 5.52. The number of carbonyl (C=O) groups is 1. The molecule has 0 fully saturated rings. The van der Waals surface area contributed by atoms with E-state index in [0.29, 0.717) is 5.76 Å². The average Bonchev–Trinajstić information content (AvgIpc) is 3.05. The molecule has 0 aliphatic rings. The van der Waals surface area contributed by atoms with E-state index in [1.165, 1.54) is 25.3 Å². The monoisotopic (exact) mass is 345 g/mol. The number of likely N-dealkylation sites (N-methyl/N-ethyl adjacent to an activating group) is 1. The second kappa shape index (κ2) is 7.59. The van der Waals surface area contributed by atoms with Crippen LogP contribution >= 0.6 is 0 Å². The standard InChI is InChI=1S/C16H15N3O4S/c1-18-16(20)12(10-17)9-13-7-8-14(23-13)11-19-24(21,22)15-5-3-2-4-6-15/h2-9,19H,11H2,1H3,(H,18,20)/b12-9+. The summed E-state index contributed by atoms with van der Waals surface area (Å²) in [7, 11) is -2.22. The van der Waals surface area contributed by atoms with Gasteiger partial charge in [0, 0.05) is 13.1 Å². The van der Waals surface area contributed by atoms with E-state index in [9.17, 15) is 13.2 Å². The third kappa shape index (κ3) is 4.32. The Morgan fingerprint density at radius 3 is 2.58 bits per heavy atom. The van der Waals surface area contributed by atoms with Crippen molar-refractivity contribution in [1.82, 2.24) is 10.0 Å². The molecule has 0 aliphatic carbocycles. The molecule has 0 saturated heterocycles. The van der Waals surface area contributed by atoms with Crippen LogP contribution in [0.3, 0.4) is 0 Å². The number of hydrogen-bond acceptors (Lipinski definition) is 5. The van der Waals surface area contributed by atoms with Gasteiger partial charge >= 0.3 is 0 Å². The number of furan rings is 1. The first kappa shape index (κ1) is 17.5. The van der Waals surface area contributed by atoms with Gasteiger partial charge in [-0.15, -0.1) is 0 Å². The molecule has 1 heterocycles. The molecule has 2 N–H and O–H groups in total.